The topological polar surface area (TPSA) is 86.8 Å². The quantitative estimate of drug-likeness (QED) is 0.299. The van der Waals surface area contributed by atoms with Gasteiger partial charge in [-0.15, -0.1) is 0 Å². The zero-order valence-corrected chi connectivity index (χ0v) is 25.0. The van der Waals surface area contributed by atoms with E-state index < -0.39 is 28.5 Å². The highest BCUT2D eigenvalue weighted by molar-refractivity contribution is 7.92. The molecule has 0 fully saturated rings. The van der Waals surface area contributed by atoms with Crippen molar-refractivity contribution >= 4 is 27.5 Å². The first kappa shape index (κ1) is 30.9. The molecule has 1 unspecified atom stereocenters. The lowest BCUT2D eigenvalue weighted by Crippen LogP contribution is -2.53. The number of anilines is 1. The van der Waals surface area contributed by atoms with Gasteiger partial charge in [-0.1, -0.05) is 85.6 Å². The summed E-state index contributed by atoms with van der Waals surface area (Å²) >= 11 is 0. The largest absolute Gasteiger partial charge is 0.354 e. The molecule has 7 nitrogen and oxygen atoms in total. The van der Waals surface area contributed by atoms with Crippen LogP contribution in [-0.4, -0.2) is 50.5 Å². The van der Waals surface area contributed by atoms with E-state index >= 15 is 0 Å². The predicted octanol–water partition coefficient (Wildman–Crippen LogP) is 4.93. The Balaban J connectivity index is 2.06. The maximum Gasteiger partial charge on any atom is 0.244 e. The molecule has 0 saturated carbocycles. The number of nitrogens with one attached hydrogen (secondary N) is 1. The standard InChI is InChI=1S/C32H41N3O4S/c1-6-7-18-33-32(37)30(21-27-13-9-8-10-14-27)34(22-28-15-11-12-24(2)19-28)31(36)23-35(40(5,38)39)29-20-25(3)16-17-26(29)4/h8-17,19-20,30H,6-7,18,21-23H2,1-5H3,(H,33,37). The van der Waals surface area contributed by atoms with Crippen LogP contribution in [-0.2, 0) is 32.6 Å². The average Bonchev–Trinajstić information content (AvgIpc) is 2.90. The van der Waals surface area contributed by atoms with Crippen LogP contribution >= 0.6 is 0 Å². The number of carbonyl (C=O) groups excluding carboxylic acids is 2. The van der Waals surface area contributed by atoms with Gasteiger partial charge >= 0.3 is 0 Å². The van der Waals surface area contributed by atoms with Gasteiger partial charge in [0.25, 0.3) is 0 Å². The summed E-state index contributed by atoms with van der Waals surface area (Å²) in [6, 6.07) is 22.1. The van der Waals surface area contributed by atoms with Crippen LogP contribution in [0.2, 0.25) is 0 Å². The van der Waals surface area contributed by atoms with Gasteiger partial charge in [-0.25, -0.2) is 8.42 Å². The highest BCUT2D eigenvalue weighted by Crippen LogP contribution is 2.25. The maximum absolute atomic E-state index is 14.2. The van der Waals surface area contributed by atoms with Crippen LogP contribution < -0.4 is 9.62 Å². The van der Waals surface area contributed by atoms with Gasteiger partial charge in [0, 0.05) is 19.5 Å². The molecule has 8 heteroatoms. The number of carbonyl (C=O) groups is 2. The van der Waals surface area contributed by atoms with Gasteiger partial charge in [0.2, 0.25) is 21.8 Å². The summed E-state index contributed by atoms with van der Waals surface area (Å²) in [5.74, 6) is -0.699. The number of amides is 2. The van der Waals surface area contributed by atoms with Crippen LogP contribution in [0.3, 0.4) is 0 Å². The zero-order chi connectivity index (χ0) is 29.3. The van der Waals surface area contributed by atoms with Crippen LogP contribution in [0.5, 0.6) is 0 Å². The molecule has 3 aromatic rings. The minimum Gasteiger partial charge on any atom is -0.354 e. The lowest BCUT2D eigenvalue weighted by molar-refractivity contribution is -0.140. The first-order valence-electron chi connectivity index (χ1n) is 13.7. The maximum atomic E-state index is 14.2. The van der Waals surface area contributed by atoms with Gasteiger partial charge in [-0.3, -0.25) is 13.9 Å². The number of hydrogen-bond acceptors (Lipinski definition) is 4. The van der Waals surface area contributed by atoms with Crippen LogP contribution in [0.4, 0.5) is 5.69 Å². The third-order valence-corrected chi connectivity index (χ3v) is 7.98. The molecular weight excluding hydrogens is 522 g/mol. The molecule has 0 radical (unpaired) electrons. The lowest BCUT2D eigenvalue weighted by Gasteiger charge is -2.34. The number of sulfonamides is 1. The minimum atomic E-state index is -3.80. The fourth-order valence-electron chi connectivity index (χ4n) is 4.65. The Hall–Kier alpha value is -3.65. The average molecular weight is 564 g/mol. The van der Waals surface area contributed by atoms with E-state index in [1.807, 2.05) is 94.4 Å². The van der Waals surface area contributed by atoms with E-state index in [2.05, 4.69) is 5.32 Å². The Morgan fingerprint density at radius 3 is 2.20 bits per heavy atom. The summed E-state index contributed by atoms with van der Waals surface area (Å²) in [4.78, 5) is 29.3. The first-order valence-corrected chi connectivity index (χ1v) is 15.6. The number of aryl methyl sites for hydroxylation is 3. The molecule has 0 aliphatic heterocycles. The molecule has 2 amide bonds. The third kappa shape index (κ3) is 8.68. The minimum absolute atomic E-state index is 0.170. The van der Waals surface area contributed by atoms with Crippen LogP contribution in [0, 0.1) is 20.8 Å². The van der Waals surface area contributed by atoms with Crippen molar-refractivity contribution in [2.24, 2.45) is 0 Å². The van der Waals surface area contributed by atoms with Crippen molar-refractivity contribution in [1.82, 2.24) is 10.2 Å². The molecule has 40 heavy (non-hydrogen) atoms. The van der Waals surface area contributed by atoms with Crippen LogP contribution in [0.25, 0.3) is 0 Å². The summed E-state index contributed by atoms with van der Waals surface area (Å²) in [6.07, 6.45) is 3.16. The van der Waals surface area contributed by atoms with Crippen molar-refractivity contribution in [3.8, 4) is 0 Å². The van der Waals surface area contributed by atoms with Crippen molar-refractivity contribution in [2.45, 2.75) is 59.5 Å². The van der Waals surface area contributed by atoms with E-state index in [4.69, 9.17) is 0 Å². The lowest BCUT2D eigenvalue weighted by atomic mass is 10.0. The van der Waals surface area contributed by atoms with E-state index in [0.29, 0.717) is 18.7 Å². The molecule has 0 bridgehead atoms. The summed E-state index contributed by atoms with van der Waals surface area (Å²) in [6.45, 7) is 7.99. The van der Waals surface area contributed by atoms with Crippen molar-refractivity contribution < 1.29 is 18.0 Å². The number of rotatable bonds is 13. The van der Waals surface area contributed by atoms with Gasteiger partial charge in [0.15, 0.2) is 0 Å². The Morgan fingerprint density at radius 1 is 0.875 bits per heavy atom. The zero-order valence-electron chi connectivity index (χ0n) is 24.2. The van der Waals surface area contributed by atoms with Crippen molar-refractivity contribution in [3.63, 3.8) is 0 Å². The van der Waals surface area contributed by atoms with E-state index in [0.717, 1.165) is 51.2 Å². The Kier molecular flexibility index (Phi) is 10.9. The molecule has 1 N–H and O–H groups in total. The van der Waals surface area contributed by atoms with Gasteiger partial charge in [0.05, 0.1) is 11.9 Å². The molecule has 1 atom stereocenters. The van der Waals surface area contributed by atoms with Crippen LogP contribution in [0.1, 0.15) is 47.6 Å². The van der Waals surface area contributed by atoms with E-state index in [1.54, 1.807) is 6.07 Å². The number of nitrogens with zero attached hydrogens (tertiary/aromatic N) is 2. The fourth-order valence-corrected chi connectivity index (χ4v) is 5.55. The summed E-state index contributed by atoms with van der Waals surface area (Å²) < 4.78 is 27.2. The van der Waals surface area contributed by atoms with Crippen molar-refractivity contribution in [3.05, 3.63) is 101 Å². The van der Waals surface area contributed by atoms with Gasteiger partial charge in [-0.2, -0.15) is 0 Å². The second-order valence-corrected chi connectivity index (χ2v) is 12.3. The highest BCUT2D eigenvalue weighted by Gasteiger charge is 2.33. The molecule has 3 rings (SSSR count). The third-order valence-electron chi connectivity index (χ3n) is 6.85. The monoisotopic (exact) mass is 563 g/mol. The predicted molar refractivity (Wildman–Crippen MR) is 162 cm³/mol. The number of benzene rings is 3. The first-order chi connectivity index (χ1) is 19.0. The normalized spacial score (nSPS) is 12.0. The molecule has 0 aliphatic rings. The van der Waals surface area contributed by atoms with Crippen molar-refractivity contribution in [1.29, 1.82) is 0 Å². The van der Waals surface area contributed by atoms with Gasteiger partial charge in [0.1, 0.15) is 12.6 Å². The molecule has 0 aromatic heterocycles. The van der Waals surface area contributed by atoms with Gasteiger partial charge < -0.3 is 10.2 Å². The van der Waals surface area contributed by atoms with Crippen LogP contribution in [0.15, 0.2) is 72.8 Å². The summed E-state index contributed by atoms with van der Waals surface area (Å²) in [5, 5.41) is 3.00. The molecule has 0 saturated heterocycles. The SMILES string of the molecule is CCCCNC(=O)C(Cc1ccccc1)N(Cc1cccc(C)c1)C(=O)CN(c1cc(C)ccc1C)S(C)(=O)=O. The second-order valence-electron chi connectivity index (χ2n) is 10.4. The Bertz CT molecular complexity index is 1410. The van der Waals surface area contributed by atoms with Crippen molar-refractivity contribution in [2.75, 3.05) is 23.7 Å². The van der Waals surface area contributed by atoms with Gasteiger partial charge in [-0.05, 0) is 55.5 Å². The molecule has 214 valence electrons. The molecular formula is C32H41N3O4S. The van der Waals surface area contributed by atoms with E-state index in [-0.39, 0.29) is 12.5 Å². The molecule has 0 heterocycles. The second kappa shape index (κ2) is 14.1. The fraction of sp³-hybridized carbons (Fsp3) is 0.375. The van der Waals surface area contributed by atoms with E-state index in [9.17, 15) is 18.0 Å². The number of unbranched alkanes of at least 4 members (excludes halogenated alkanes) is 1. The number of hydrogen-bond donors (Lipinski definition) is 1. The molecule has 0 spiro atoms. The summed E-state index contributed by atoms with van der Waals surface area (Å²) in [7, 11) is -3.80. The molecule has 3 aromatic carbocycles. The Morgan fingerprint density at radius 2 is 1.55 bits per heavy atom. The Labute approximate surface area is 239 Å². The molecule has 0 aliphatic carbocycles. The smallest absolute Gasteiger partial charge is 0.244 e. The van der Waals surface area contributed by atoms with E-state index in [1.165, 1.54) is 4.90 Å². The summed E-state index contributed by atoms with van der Waals surface area (Å²) in [5.41, 5.74) is 4.89. The highest BCUT2D eigenvalue weighted by atomic mass is 32.2.